The molecule has 5 aromatic rings. The Morgan fingerprint density at radius 3 is 2.35 bits per heavy atom. The number of anilines is 1. The number of carbonyl (C=O) groups is 1. The number of pyridine rings is 1. The molecule has 3 fully saturated rings. The third kappa shape index (κ3) is 4.39. The molecular formula is C32H28FN5O2. The van der Waals surface area contributed by atoms with Crippen LogP contribution in [0.5, 0.6) is 0 Å². The van der Waals surface area contributed by atoms with Crippen molar-refractivity contribution in [2.75, 3.05) is 5.32 Å². The largest absolute Gasteiger partial charge is 0.481 e. The summed E-state index contributed by atoms with van der Waals surface area (Å²) in [5, 5.41) is 14.2. The predicted octanol–water partition coefficient (Wildman–Crippen LogP) is 6.79. The molecule has 2 atom stereocenters. The van der Waals surface area contributed by atoms with Gasteiger partial charge in [0, 0.05) is 34.8 Å². The fourth-order valence-corrected chi connectivity index (χ4v) is 6.60. The number of aromatic nitrogens is 4. The molecule has 3 N–H and O–H groups in total. The highest BCUT2D eigenvalue weighted by Crippen LogP contribution is 2.46. The van der Waals surface area contributed by atoms with Crippen molar-refractivity contribution in [1.82, 2.24) is 19.9 Å². The van der Waals surface area contributed by atoms with Crippen molar-refractivity contribution in [3.05, 3.63) is 84.9 Å². The molecule has 3 aromatic heterocycles. The molecule has 3 saturated carbocycles. The lowest BCUT2D eigenvalue weighted by Crippen LogP contribution is -2.51. The van der Waals surface area contributed by atoms with Crippen molar-refractivity contribution in [1.29, 1.82) is 0 Å². The maximum Gasteiger partial charge on any atom is 0.308 e. The Morgan fingerprint density at radius 2 is 1.60 bits per heavy atom. The van der Waals surface area contributed by atoms with Gasteiger partial charge in [-0.25, -0.2) is 19.3 Å². The molecule has 2 unspecified atom stereocenters. The molecule has 8 heteroatoms. The van der Waals surface area contributed by atoms with Gasteiger partial charge in [0.2, 0.25) is 0 Å². The SMILES string of the molecule is O=C(O)C1C2CCC(CC2)C1Nc1cc(-c2ccc(-c3ccccc3)cc2)nc(-c2c[nH]c3ncc(F)cc23)n1. The van der Waals surface area contributed by atoms with Gasteiger partial charge >= 0.3 is 5.97 Å². The molecule has 2 aromatic carbocycles. The number of halogens is 1. The molecule has 3 aliphatic rings. The fourth-order valence-electron chi connectivity index (χ4n) is 6.60. The number of nitrogens with one attached hydrogen (secondary N) is 2. The number of benzene rings is 2. The average Bonchev–Trinajstić information content (AvgIpc) is 3.41. The molecule has 3 heterocycles. The van der Waals surface area contributed by atoms with Crippen LogP contribution in [0, 0.1) is 23.6 Å². The number of carboxylic acid groups (broad SMARTS) is 1. The predicted molar refractivity (Wildman–Crippen MR) is 152 cm³/mol. The normalized spacial score (nSPS) is 21.9. The molecule has 0 amide bonds. The summed E-state index contributed by atoms with van der Waals surface area (Å²) in [7, 11) is 0. The molecule has 200 valence electrons. The van der Waals surface area contributed by atoms with Gasteiger partial charge in [0.05, 0.1) is 17.8 Å². The number of rotatable bonds is 6. The van der Waals surface area contributed by atoms with Gasteiger partial charge in [-0.3, -0.25) is 4.79 Å². The zero-order valence-corrected chi connectivity index (χ0v) is 21.7. The number of hydrogen-bond donors (Lipinski definition) is 3. The molecule has 0 spiro atoms. The van der Waals surface area contributed by atoms with E-state index in [9.17, 15) is 14.3 Å². The summed E-state index contributed by atoms with van der Waals surface area (Å²) in [5.41, 5.74) is 4.99. The Bertz CT molecular complexity index is 1690. The van der Waals surface area contributed by atoms with Crippen LogP contribution in [0.2, 0.25) is 0 Å². The summed E-state index contributed by atoms with van der Waals surface area (Å²) in [6.07, 6.45) is 6.87. The van der Waals surface area contributed by atoms with Gasteiger partial charge < -0.3 is 15.4 Å². The van der Waals surface area contributed by atoms with Gasteiger partial charge in [-0.05, 0) is 54.7 Å². The van der Waals surface area contributed by atoms with Crippen LogP contribution in [0.3, 0.4) is 0 Å². The van der Waals surface area contributed by atoms with Crippen LogP contribution in [-0.2, 0) is 4.79 Å². The third-order valence-electron chi connectivity index (χ3n) is 8.57. The lowest BCUT2D eigenvalue weighted by atomic mass is 9.61. The van der Waals surface area contributed by atoms with Crippen LogP contribution in [-0.4, -0.2) is 37.1 Å². The fraction of sp³-hybridized carbons (Fsp3) is 0.250. The van der Waals surface area contributed by atoms with Gasteiger partial charge in [-0.15, -0.1) is 0 Å². The molecule has 3 aliphatic carbocycles. The van der Waals surface area contributed by atoms with E-state index < -0.39 is 17.7 Å². The van der Waals surface area contributed by atoms with Gasteiger partial charge in [0.15, 0.2) is 5.82 Å². The highest BCUT2D eigenvalue weighted by Gasteiger charge is 2.47. The molecule has 8 rings (SSSR count). The number of hydrogen-bond acceptors (Lipinski definition) is 5. The molecule has 0 saturated heterocycles. The molecule has 40 heavy (non-hydrogen) atoms. The summed E-state index contributed by atoms with van der Waals surface area (Å²) >= 11 is 0. The topological polar surface area (TPSA) is 104 Å². The number of aliphatic carboxylic acids is 1. The maximum absolute atomic E-state index is 14.1. The quantitative estimate of drug-likeness (QED) is 0.222. The van der Waals surface area contributed by atoms with E-state index in [1.165, 1.54) is 12.3 Å². The van der Waals surface area contributed by atoms with E-state index in [4.69, 9.17) is 9.97 Å². The van der Waals surface area contributed by atoms with Crippen molar-refractivity contribution in [2.24, 2.45) is 17.8 Å². The van der Waals surface area contributed by atoms with E-state index in [1.54, 1.807) is 6.20 Å². The van der Waals surface area contributed by atoms with E-state index in [0.717, 1.165) is 42.4 Å². The molecule has 2 bridgehead atoms. The number of aromatic amines is 1. The Labute approximate surface area is 230 Å². The molecule has 0 aliphatic heterocycles. The first-order valence-corrected chi connectivity index (χ1v) is 13.7. The average molecular weight is 534 g/mol. The van der Waals surface area contributed by atoms with Crippen molar-refractivity contribution >= 4 is 22.8 Å². The van der Waals surface area contributed by atoms with Gasteiger partial charge in [-0.1, -0.05) is 54.6 Å². The van der Waals surface area contributed by atoms with E-state index >= 15 is 0 Å². The Balaban J connectivity index is 1.31. The van der Waals surface area contributed by atoms with Crippen molar-refractivity contribution in [2.45, 2.75) is 31.7 Å². The van der Waals surface area contributed by atoms with Crippen LogP contribution in [0.15, 0.2) is 79.1 Å². The zero-order valence-electron chi connectivity index (χ0n) is 21.7. The second kappa shape index (κ2) is 9.86. The van der Waals surface area contributed by atoms with Gasteiger partial charge in [-0.2, -0.15) is 0 Å². The van der Waals surface area contributed by atoms with Crippen molar-refractivity contribution in [3.8, 4) is 33.8 Å². The zero-order chi connectivity index (χ0) is 27.2. The summed E-state index contributed by atoms with van der Waals surface area (Å²) in [5.74, 6) is -0.212. The minimum Gasteiger partial charge on any atom is -0.481 e. The van der Waals surface area contributed by atoms with Crippen LogP contribution >= 0.6 is 0 Å². The highest BCUT2D eigenvalue weighted by atomic mass is 19.1. The lowest BCUT2D eigenvalue weighted by Gasteiger charge is -2.47. The van der Waals surface area contributed by atoms with Gasteiger partial charge in [0.1, 0.15) is 17.3 Å². The number of H-pyrrole nitrogens is 1. The summed E-state index contributed by atoms with van der Waals surface area (Å²) in [4.78, 5) is 29.3. The summed E-state index contributed by atoms with van der Waals surface area (Å²) in [6.45, 7) is 0. The number of fused-ring (bicyclic) bond motifs is 4. The molecule has 0 radical (unpaired) electrons. The van der Waals surface area contributed by atoms with E-state index in [-0.39, 0.29) is 17.9 Å². The summed E-state index contributed by atoms with van der Waals surface area (Å²) in [6, 6.07) is 21.4. The Hall–Kier alpha value is -4.59. The highest BCUT2D eigenvalue weighted by molar-refractivity contribution is 5.92. The first-order valence-electron chi connectivity index (χ1n) is 13.7. The first-order chi connectivity index (χ1) is 19.5. The minimum absolute atomic E-state index is 0.175. The third-order valence-corrected chi connectivity index (χ3v) is 8.57. The first kappa shape index (κ1) is 24.5. The number of nitrogens with zero attached hydrogens (tertiary/aromatic N) is 3. The Morgan fingerprint density at radius 1 is 0.900 bits per heavy atom. The van der Waals surface area contributed by atoms with Crippen LogP contribution in [0.25, 0.3) is 44.8 Å². The molecule has 7 nitrogen and oxygen atoms in total. The van der Waals surface area contributed by atoms with E-state index in [0.29, 0.717) is 33.9 Å². The smallest absolute Gasteiger partial charge is 0.308 e. The van der Waals surface area contributed by atoms with Crippen LogP contribution in [0.4, 0.5) is 10.2 Å². The molecular weight excluding hydrogens is 505 g/mol. The summed E-state index contributed by atoms with van der Waals surface area (Å²) < 4.78 is 14.1. The minimum atomic E-state index is -0.754. The van der Waals surface area contributed by atoms with Crippen LogP contribution in [0.1, 0.15) is 25.7 Å². The lowest BCUT2D eigenvalue weighted by molar-refractivity contribution is -0.148. The Kier molecular flexibility index (Phi) is 6.03. The van der Waals surface area contributed by atoms with Gasteiger partial charge in [0.25, 0.3) is 0 Å². The second-order valence-corrected chi connectivity index (χ2v) is 10.9. The second-order valence-electron chi connectivity index (χ2n) is 10.9. The van der Waals surface area contributed by atoms with Crippen molar-refractivity contribution < 1.29 is 14.3 Å². The monoisotopic (exact) mass is 533 g/mol. The maximum atomic E-state index is 14.1. The standard InChI is InChI=1S/C32H28FN5O2/c33-23-14-24-25(17-35-30(24)34-16-23)31-36-26(20-8-6-19(7-9-20)18-4-2-1-3-5-18)15-27(38-31)37-29-22-12-10-21(11-13-22)28(29)32(39)40/h1-9,14-17,21-22,28-29H,10-13H2,(H,34,35)(H,39,40)(H,36,37,38). The van der Waals surface area contributed by atoms with Crippen LogP contribution < -0.4 is 5.32 Å². The number of carboxylic acids is 1. The van der Waals surface area contributed by atoms with E-state index in [1.807, 2.05) is 36.4 Å². The van der Waals surface area contributed by atoms with E-state index in [2.05, 4.69) is 39.6 Å². The van der Waals surface area contributed by atoms with Crippen molar-refractivity contribution in [3.63, 3.8) is 0 Å².